The Morgan fingerprint density at radius 3 is 2.02 bits per heavy atom. The molecule has 21 atom stereocenters. The quantitative estimate of drug-likeness (QED) is 0.134. The van der Waals surface area contributed by atoms with Crippen LogP contribution in [0.3, 0.4) is 0 Å². The van der Waals surface area contributed by atoms with Gasteiger partial charge in [0.15, 0.2) is 12.6 Å². The van der Waals surface area contributed by atoms with Crippen molar-refractivity contribution in [1.82, 2.24) is 0 Å². The molecular formula is C41H68O14. The fraction of sp³-hybridized carbons (Fsp3) is 0.951. The SMILES string of the molecule is C[C@@H]1O[C@@H](O[C@H]2CC[C@]3(C)[C@H]4CC=C5[C@@H]6CC(C)(C)[C@@H](O)[C@H](O)[C@@]6(CO)[C@H](O)[C@H](O)[C@@]5(C)[C@]4(C)CC[C@H]3C2(C)C)[C@H](O)[C@H](O)[C@H]1O[C@H]1OC[C@@H](O)[C@@H](O)[C@H]1O. The zero-order valence-electron chi connectivity index (χ0n) is 33.7. The van der Waals surface area contributed by atoms with Crippen LogP contribution in [-0.2, 0) is 18.9 Å². The molecule has 2 aliphatic heterocycles. The summed E-state index contributed by atoms with van der Waals surface area (Å²) >= 11 is 0. The Bertz CT molecular complexity index is 1470. The first-order valence-electron chi connectivity index (χ1n) is 20.5. The molecule has 0 aromatic heterocycles. The van der Waals surface area contributed by atoms with Crippen LogP contribution in [0.15, 0.2) is 11.6 Å². The number of aliphatic hydroxyl groups excluding tert-OH is 10. The van der Waals surface area contributed by atoms with Crippen LogP contribution >= 0.6 is 0 Å². The lowest BCUT2D eigenvalue weighted by molar-refractivity contribution is -0.356. The molecule has 0 aromatic carbocycles. The predicted octanol–water partition coefficient (Wildman–Crippen LogP) is 0.340. The second kappa shape index (κ2) is 13.9. The molecule has 0 radical (unpaired) electrons. The van der Waals surface area contributed by atoms with Crippen LogP contribution in [0, 0.1) is 50.2 Å². The second-order valence-corrected chi connectivity index (χ2v) is 20.5. The highest BCUT2D eigenvalue weighted by Gasteiger charge is 2.75. The first-order valence-corrected chi connectivity index (χ1v) is 20.5. The summed E-state index contributed by atoms with van der Waals surface area (Å²) in [7, 11) is 0. The van der Waals surface area contributed by atoms with Gasteiger partial charge < -0.3 is 70.0 Å². The number of allylic oxidation sites excluding steroid dienone is 1. The molecule has 6 fully saturated rings. The van der Waals surface area contributed by atoms with Gasteiger partial charge in [-0.3, -0.25) is 0 Å². The van der Waals surface area contributed by atoms with Crippen molar-refractivity contribution < 1.29 is 70.0 Å². The topological polar surface area (TPSA) is 239 Å². The number of ether oxygens (including phenoxy) is 4. The van der Waals surface area contributed by atoms with Gasteiger partial charge in [0, 0.05) is 5.41 Å². The normalized spacial score (nSPS) is 57.3. The van der Waals surface area contributed by atoms with E-state index in [1.807, 2.05) is 13.8 Å². The maximum atomic E-state index is 12.3. The highest BCUT2D eigenvalue weighted by Crippen LogP contribution is 2.76. The van der Waals surface area contributed by atoms with E-state index in [4.69, 9.17) is 18.9 Å². The van der Waals surface area contributed by atoms with E-state index in [0.717, 1.165) is 31.3 Å². The molecule has 5 aliphatic carbocycles. The second-order valence-electron chi connectivity index (χ2n) is 20.5. The molecule has 10 N–H and O–H groups in total. The lowest BCUT2D eigenvalue weighted by Gasteiger charge is -2.73. The summed E-state index contributed by atoms with van der Waals surface area (Å²) in [6.07, 6.45) is -11.1. The van der Waals surface area contributed by atoms with Crippen LogP contribution in [0.5, 0.6) is 0 Å². The van der Waals surface area contributed by atoms with Crippen molar-refractivity contribution in [2.45, 2.75) is 180 Å². The molecule has 55 heavy (non-hydrogen) atoms. The Balaban J connectivity index is 1.12. The number of fused-ring (bicyclic) bond motifs is 7. The van der Waals surface area contributed by atoms with Gasteiger partial charge in [0.2, 0.25) is 0 Å². The zero-order valence-corrected chi connectivity index (χ0v) is 33.7. The van der Waals surface area contributed by atoms with Gasteiger partial charge in [-0.25, -0.2) is 0 Å². The van der Waals surface area contributed by atoms with Crippen molar-refractivity contribution >= 4 is 0 Å². The molecule has 7 rings (SSSR count). The van der Waals surface area contributed by atoms with Gasteiger partial charge in [0.1, 0.15) is 36.6 Å². The average Bonchev–Trinajstić information content (AvgIpc) is 3.12. The van der Waals surface area contributed by atoms with E-state index >= 15 is 0 Å². The van der Waals surface area contributed by atoms with Gasteiger partial charge in [-0.15, -0.1) is 0 Å². The summed E-state index contributed by atoms with van der Waals surface area (Å²) in [5.74, 6) is -0.173. The Morgan fingerprint density at radius 1 is 0.727 bits per heavy atom. The predicted molar refractivity (Wildman–Crippen MR) is 196 cm³/mol. The van der Waals surface area contributed by atoms with Crippen LogP contribution in [0.25, 0.3) is 0 Å². The van der Waals surface area contributed by atoms with Gasteiger partial charge in [-0.05, 0) is 84.9 Å². The number of rotatable bonds is 5. The third-order valence-electron chi connectivity index (χ3n) is 17.3. The molecule has 0 amide bonds. The van der Waals surface area contributed by atoms with Gasteiger partial charge in [0.05, 0.1) is 55.3 Å². The van der Waals surface area contributed by atoms with Crippen molar-refractivity contribution in [2.75, 3.05) is 13.2 Å². The molecule has 316 valence electrons. The standard InChI is InChI=1S/C41H68O14/c1-18-29(55-34-27(46)25(44)21(43)16-52-34)26(45)28(47)35(53-18)54-24-12-13-38(6)22(37(24,4)5)11-14-39(7)23(38)10-9-19-20-15-36(2,3)30(48)32(50)41(20,17-42)33(51)31(49)40(19,39)8/h9,18,20-35,42-51H,10-17H2,1-8H3/t18-,20-,21+,22-,23+,24-,25+,26-,27+,28+,29-,30-,31-,32-,33+,34+,35-,38-,39+,40-,41-/m0/s1. The van der Waals surface area contributed by atoms with E-state index in [2.05, 4.69) is 40.7 Å². The van der Waals surface area contributed by atoms with Crippen molar-refractivity contribution in [3.63, 3.8) is 0 Å². The molecular weight excluding hydrogens is 716 g/mol. The zero-order chi connectivity index (χ0) is 40.6. The van der Waals surface area contributed by atoms with Crippen LogP contribution in [0.2, 0.25) is 0 Å². The molecule has 4 saturated carbocycles. The molecule has 0 unspecified atom stereocenters. The van der Waals surface area contributed by atoms with Crippen LogP contribution < -0.4 is 0 Å². The summed E-state index contributed by atoms with van der Waals surface area (Å²) in [4.78, 5) is 0. The van der Waals surface area contributed by atoms with E-state index in [1.165, 1.54) is 0 Å². The first-order chi connectivity index (χ1) is 25.5. The van der Waals surface area contributed by atoms with Crippen LogP contribution in [-0.4, -0.2) is 150 Å². The molecule has 14 nitrogen and oxygen atoms in total. The summed E-state index contributed by atoms with van der Waals surface area (Å²) < 4.78 is 23.9. The molecule has 2 heterocycles. The van der Waals surface area contributed by atoms with Gasteiger partial charge in [-0.2, -0.15) is 0 Å². The molecule has 2 saturated heterocycles. The summed E-state index contributed by atoms with van der Waals surface area (Å²) in [5.41, 5.74) is -3.17. The Kier molecular flexibility index (Phi) is 10.7. The summed E-state index contributed by atoms with van der Waals surface area (Å²) in [6, 6.07) is 0. The Labute approximate surface area is 324 Å². The van der Waals surface area contributed by atoms with Crippen LogP contribution in [0.1, 0.15) is 93.9 Å². The average molecular weight is 785 g/mol. The minimum Gasteiger partial charge on any atom is -0.396 e. The maximum Gasteiger partial charge on any atom is 0.186 e. The smallest absolute Gasteiger partial charge is 0.186 e. The Morgan fingerprint density at radius 2 is 1.36 bits per heavy atom. The number of hydrogen-bond acceptors (Lipinski definition) is 14. The molecule has 0 aromatic rings. The highest BCUT2D eigenvalue weighted by molar-refractivity contribution is 5.38. The highest BCUT2D eigenvalue weighted by atomic mass is 16.7. The molecule has 0 bridgehead atoms. The van der Waals surface area contributed by atoms with Gasteiger partial charge in [-0.1, -0.05) is 60.1 Å². The van der Waals surface area contributed by atoms with E-state index in [0.29, 0.717) is 12.8 Å². The number of hydrogen-bond donors (Lipinski definition) is 10. The van der Waals surface area contributed by atoms with E-state index in [-0.39, 0.29) is 30.0 Å². The van der Waals surface area contributed by atoms with Gasteiger partial charge >= 0.3 is 0 Å². The Hall–Kier alpha value is -0.820. The minimum atomic E-state index is -1.57. The summed E-state index contributed by atoms with van der Waals surface area (Å²) in [6.45, 7) is 15.6. The van der Waals surface area contributed by atoms with E-state index in [9.17, 15) is 51.1 Å². The van der Waals surface area contributed by atoms with Crippen molar-refractivity contribution in [3.05, 3.63) is 11.6 Å². The van der Waals surface area contributed by atoms with Crippen molar-refractivity contribution in [3.8, 4) is 0 Å². The fourth-order valence-corrected chi connectivity index (χ4v) is 13.7. The van der Waals surface area contributed by atoms with Crippen LogP contribution in [0.4, 0.5) is 0 Å². The van der Waals surface area contributed by atoms with Gasteiger partial charge in [0.25, 0.3) is 0 Å². The lowest BCUT2D eigenvalue weighted by atomic mass is 9.32. The molecule has 0 spiro atoms. The first kappa shape index (κ1) is 42.3. The third-order valence-corrected chi connectivity index (χ3v) is 17.3. The van der Waals surface area contributed by atoms with E-state index in [1.54, 1.807) is 6.92 Å². The fourth-order valence-electron chi connectivity index (χ4n) is 13.7. The lowest BCUT2D eigenvalue weighted by Crippen LogP contribution is -2.76. The van der Waals surface area contributed by atoms with Crippen molar-refractivity contribution in [2.24, 2.45) is 50.2 Å². The maximum absolute atomic E-state index is 12.3. The molecule has 14 heteroatoms. The largest absolute Gasteiger partial charge is 0.396 e. The molecule has 7 aliphatic rings. The van der Waals surface area contributed by atoms with E-state index < -0.39 is 119 Å². The minimum absolute atomic E-state index is 0.108. The monoisotopic (exact) mass is 784 g/mol. The van der Waals surface area contributed by atoms with Crippen molar-refractivity contribution in [1.29, 1.82) is 0 Å². The third kappa shape index (κ3) is 5.71. The number of aliphatic hydroxyl groups is 10. The summed E-state index contributed by atoms with van der Waals surface area (Å²) in [5, 5.41) is 111.